The standard InChI is InChI=1S/C18H23NO3/c1-2-14-5-6-17(22-14)16-11-21-8-7-19(16)18(20)15-10-12-3-4-13(15)9-12/h3-6,12-13,15-16H,2,7-11H2,1H3. The van der Waals surface area contributed by atoms with E-state index < -0.39 is 0 Å². The van der Waals surface area contributed by atoms with Crippen LogP contribution in [0.4, 0.5) is 0 Å². The lowest BCUT2D eigenvalue weighted by Gasteiger charge is -2.37. The van der Waals surface area contributed by atoms with Crippen molar-refractivity contribution in [3.8, 4) is 0 Å². The quantitative estimate of drug-likeness (QED) is 0.806. The molecule has 0 radical (unpaired) electrons. The zero-order valence-electron chi connectivity index (χ0n) is 13.0. The van der Waals surface area contributed by atoms with Crippen LogP contribution in [0.25, 0.3) is 0 Å². The summed E-state index contributed by atoms with van der Waals surface area (Å²) in [6.07, 6.45) is 7.58. The Morgan fingerprint density at radius 2 is 2.23 bits per heavy atom. The molecule has 0 aromatic carbocycles. The largest absolute Gasteiger partial charge is 0.464 e. The molecule has 1 aliphatic heterocycles. The second-order valence-electron chi connectivity index (χ2n) is 6.67. The lowest BCUT2D eigenvalue weighted by atomic mass is 9.91. The maximum Gasteiger partial charge on any atom is 0.227 e. The highest BCUT2D eigenvalue weighted by atomic mass is 16.5. The molecule has 4 nitrogen and oxygen atoms in total. The average molecular weight is 301 g/mol. The van der Waals surface area contributed by atoms with Crippen molar-refractivity contribution in [2.75, 3.05) is 19.8 Å². The number of aryl methyl sites for hydroxylation is 1. The van der Waals surface area contributed by atoms with E-state index >= 15 is 0 Å². The summed E-state index contributed by atoms with van der Waals surface area (Å²) < 4.78 is 11.5. The Morgan fingerprint density at radius 1 is 1.32 bits per heavy atom. The monoisotopic (exact) mass is 301 g/mol. The first-order valence-electron chi connectivity index (χ1n) is 8.41. The van der Waals surface area contributed by atoms with Crippen LogP contribution < -0.4 is 0 Å². The number of rotatable bonds is 3. The molecule has 0 spiro atoms. The van der Waals surface area contributed by atoms with Gasteiger partial charge < -0.3 is 14.1 Å². The van der Waals surface area contributed by atoms with Crippen molar-refractivity contribution in [3.63, 3.8) is 0 Å². The summed E-state index contributed by atoms with van der Waals surface area (Å²) in [6.45, 7) is 3.91. The summed E-state index contributed by atoms with van der Waals surface area (Å²) in [5.74, 6) is 3.35. The topological polar surface area (TPSA) is 42.7 Å². The van der Waals surface area contributed by atoms with Gasteiger partial charge in [0.25, 0.3) is 0 Å². The van der Waals surface area contributed by atoms with Crippen molar-refractivity contribution in [1.29, 1.82) is 0 Å². The molecule has 0 N–H and O–H groups in total. The van der Waals surface area contributed by atoms with Crippen LogP contribution in [0.3, 0.4) is 0 Å². The van der Waals surface area contributed by atoms with Gasteiger partial charge >= 0.3 is 0 Å². The third kappa shape index (κ3) is 2.30. The summed E-state index contributed by atoms with van der Waals surface area (Å²) in [7, 11) is 0. The van der Waals surface area contributed by atoms with Crippen molar-refractivity contribution in [3.05, 3.63) is 35.8 Å². The SMILES string of the molecule is CCc1ccc(C2COCCN2C(=O)C2CC3C=CC2C3)o1. The highest BCUT2D eigenvalue weighted by Gasteiger charge is 2.43. The second kappa shape index (κ2) is 5.58. The molecule has 4 heteroatoms. The van der Waals surface area contributed by atoms with E-state index in [-0.39, 0.29) is 12.0 Å². The van der Waals surface area contributed by atoms with Gasteiger partial charge in [-0.2, -0.15) is 0 Å². The number of hydrogen-bond donors (Lipinski definition) is 0. The lowest BCUT2D eigenvalue weighted by Crippen LogP contribution is -2.46. The molecule has 2 bridgehead atoms. The molecule has 22 heavy (non-hydrogen) atoms. The number of carbonyl (C=O) groups excluding carboxylic acids is 1. The van der Waals surface area contributed by atoms with Crippen LogP contribution in [-0.4, -0.2) is 30.6 Å². The number of morpholine rings is 1. The van der Waals surface area contributed by atoms with Gasteiger partial charge in [0.15, 0.2) is 0 Å². The number of allylic oxidation sites excluding steroid dienone is 2. The van der Waals surface area contributed by atoms with Gasteiger partial charge in [0.2, 0.25) is 5.91 Å². The number of carbonyl (C=O) groups is 1. The predicted octanol–water partition coefficient (Wildman–Crippen LogP) is 2.95. The van der Waals surface area contributed by atoms with Crippen molar-refractivity contribution in [1.82, 2.24) is 4.90 Å². The Labute approximate surface area is 131 Å². The molecule has 118 valence electrons. The van der Waals surface area contributed by atoms with E-state index in [9.17, 15) is 4.79 Å². The Balaban J connectivity index is 1.55. The molecule has 4 unspecified atom stereocenters. The molecular formula is C18H23NO3. The first-order chi connectivity index (χ1) is 10.8. The molecule has 4 rings (SSSR count). The van der Waals surface area contributed by atoms with Crippen LogP contribution in [-0.2, 0) is 16.0 Å². The van der Waals surface area contributed by atoms with Crippen LogP contribution in [0, 0.1) is 17.8 Å². The van der Waals surface area contributed by atoms with E-state index in [1.807, 2.05) is 17.0 Å². The molecule has 2 fully saturated rings. The fraction of sp³-hybridized carbons (Fsp3) is 0.611. The second-order valence-corrected chi connectivity index (χ2v) is 6.67. The van der Waals surface area contributed by atoms with Crippen LogP contribution >= 0.6 is 0 Å². The van der Waals surface area contributed by atoms with Gasteiger partial charge in [-0.05, 0) is 36.8 Å². The minimum Gasteiger partial charge on any atom is -0.464 e. The maximum atomic E-state index is 13.0. The molecular weight excluding hydrogens is 278 g/mol. The number of furan rings is 1. The van der Waals surface area contributed by atoms with Crippen molar-refractivity contribution in [2.45, 2.75) is 32.2 Å². The van der Waals surface area contributed by atoms with E-state index in [1.54, 1.807) is 0 Å². The van der Waals surface area contributed by atoms with Gasteiger partial charge in [0, 0.05) is 18.9 Å². The van der Waals surface area contributed by atoms with Crippen LogP contribution in [0.2, 0.25) is 0 Å². The third-order valence-corrected chi connectivity index (χ3v) is 5.37. The van der Waals surface area contributed by atoms with Crippen LogP contribution in [0.5, 0.6) is 0 Å². The highest BCUT2D eigenvalue weighted by molar-refractivity contribution is 5.80. The summed E-state index contributed by atoms with van der Waals surface area (Å²) >= 11 is 0. The Hall–Kier alpha value is -1.55. The Bertz CT molecular complexity index is 591. The van der Waals surface area contributed by atoms with E-state index in [4.69, 9.17) is 9.15 Å². The highest BCUT2D eigenvalue weighted by Crippen LogP contribution is 2.45. The minimum absolute atomic E-state index is 0.0651. The molecule has 1 amide bonds. The average Bonchev–Trinajstić information content (AvgIpc) is 3.30. The molecule has 1 aromatic heterocycles. The summed E-state index contributed by atoms with van der Waals surface area (Å²) in [5.41, 5.74) is 0. The molecule has 1 saturated heterocycles. The van der Waals surface area contributed by atoms with E-state index in [2.05, 4.69) is 19.1 Å². The Morgan fingerprint density at radius 3 is 2.91 bits per heavy atom. The van der Waals surface area contributed by atoms with Crippen molar-refractivity contribution >= 4 is 5.91 Å². The number of amides is 1. The molecule has 2 heterocycles. The van der Waals surface area contributed by atoms with Gasteiger partial charge in [0.05, 0.1) is 13.2 Å². The predicted molar refractivity (Wildman–Crippen MR) is 82.2 cm³/mol. The number of nitrogens with zero attached hydrogens (tertiary/aromatic N) is 1. The van der Waals surface area contributed by atoms with Gasteiger partial charge in [0.1, 0.15) is 17.6 Å². The van der Waals surface area contributed by atoms with Gasteiger partial charge in [-0.1, -0.05) is 19.1 Å². The maximum absolute atomic E-state index is 13.0. The van der Waals surface area contributed by atoms with Crippen LogP contribution in [0.15, 0.2) is 28.7 Å². The lowest BCUT2D eigenvalue weighted by molar-refractivity contribution is -0.146. The smallest absolute Gasteiger partial charge is 0.227 e. The first-order valence-corrected chi connectivity index (χ1v) is 8.41. The van der Waals surface area contributed by atoms with Crippen LogP contribution in [0.1, 0.15) is 37.3 Å². The van der Waals surface area contributed by atoms with Crippen molar-refractivity contribution < 1.29 is 13.9 Å². The van der Waals surface area contributed by atoms with E-state index in [0.29, 0.717) is 37.5 Å². The number of hydrogen-bond acceptors (Lipinski definition) is 3. The van der Waals surface area contributed by atoms with Crippen molar-refractivity contribution in [2.24, 2.45) is 17.8 Å². The van der Waals surface area contributed by atoms with Gasteiger partial charge in [-0.15, -0.1) is 0 Å². The fourth-order valence-electron chi connectivity index (χ4n) is 4.14. The zero-order chi connectivity index (χ0) is 15.1. The fourth-order valence-corrected chi connectivity index (χ4v) is 4.14. The van der Waals surface area contributed by atoms with E-state index in [0.717, 1.165) is 30.8 Å². The summed E-state index contributed by atoms with van der Waals surface area (Å²) in [5, 5.41) is 0. The van der Waals surface area contributed by atoms with E-state index in [1.165, 1.54) is 0 Å². The first kappa shape index (κ1) is 14.1. The molecule has 2 aliphatic carbocycles. The Kier molecular flexibility index (Phi) is 3.57. The molecule has 1 saturated carbocycles. The van der Waals surface area contributed by atoms with Gasteiger partial charge in [-0.3, -0.25) is 4.79 Å². The summed E-state index contributed by atoms with van der Waals surface area (Å²) in [4.78, 5) is 15.0. The van der Waals surface area contributed by atoms with Gasteiger partial charge in [-0.25, -0.2) is 0 Å². The number of fused-ring (bicyclic) bond motifs is 2. The molecule has 3 aliphatic rings. The number of ether oxygens (including phenoxy) is 1. The third-order valence-electron chi connectivity index (χ3n) is 5.37. The molecule has 1 aromatic rings. The minimum atomic E-state index is -0.0651. The normalized spacial score (nSPS) is 33.6. The zero-order valence-corrected chi connectivity index (χ0v) is 13.0. The molecule has 4 atom stereocenters. The summed E-state index contributed by atoms with van der Waals surface area (Å²) in [6, 6.07) is 3.94.